The van der Waals surface area contributed by atoms with Crippen LogP contribution in [0.1, 0.15) is 46.5 Å². The normalized spacial score (nSPS) is 25.1. The van der Waals surface area contributed by atoms with Crippen LogP contribution in [-0.2, 0) is 10.8 Å². The molecule has 6 heteroatoms. The fraction of sp³-hybridized carbons (Fsp3) is 0.929. The first kappa shape index (κ1) is 17.4. The van der Waals surface area contributed by atoms with Gasteiger partial charge in [-0.1, -0.05) is 19.8 Å². The molecule has 2 N–H and O–H groups in total. The number of likely N-dealkylation sites (N-methyl/N-ethyl adjacent to an activating group) is 1. The van der Waals surface area contributed by atoms with Crippen molar-refractivity contribution >= 4 is 16.8 Å². The van der Waals surface area contributed by atoms with Crippen LogP contribution in [0.15, 0.2) is 0 Å². The van der Waals surface area contributed by atoms with Gasteiger partial charge in [0.2, 0.25) is 0 Å². The van der Waals surface area contributed by atoms with Crippen LogP contribution in [-0.4, -0.2) is 56.5 Å². The van der Waals surface area contributed by atoms with Gasteiger partial charge in [-0.05, 0) is 26.7 Å². The number of rotatable bonds is 5. The second kappa shape index (κ2) is 7.41. The minimum absolute atomic E-state index is 0.0127. The first-order chi connectivity index (χ1) is 9.24. The summed E-state index contributed by atoms with van der Waals surface area (Å²) < 4.78 is 12.1. The Balaban J connectivity index is 2.60. The fourth-order valence-electron chi connectivity index (χ4n) is 2.71. The molecule has 1 fully saturated rings. The molecule has 0 bridgehead atoms. The van der Waals surface area contributed by atoms with Crippen molar-refractivity contribution in [2.24, 2.45) is 0 Å². The van der Waals surface area contributed by atoms with E-state index >= 15 is 0 Å². The summed E-state index contributed by atoms with van der Waals surface area (Å²) in [4.78, 5) is 13.6. The maximum absolute atomic E-state index is 12.2. The van der Waals surface area contributed by atoms with E-state index in [1.165, 1.54) is 4.90 Å². The van der Waals surface area contributed by atoms with Crippen molar-refractivity contribution < 1.29 is 14.1 Å². The third-order valence-electron chi connectivity index (χ3n) is 3.60. The largest absolute Gasteiger partial charge is 0.389 e. The van der Waals surface area contributed by atoms with Gasteiger partial charge in [0.05, 0.1) is 17.4 Å². The molecule has 1 rings (SSSR count). The van der Waals surface area contributed by atoms with E-state index in [1.807, 2.05) is 6.92 Å². The Kier molecular flexibility index (Phi) is 6.45. The Hall–Kier alpha value is -0.620. The summed E-state index contributed by atoms with van der Waals surface area (Å²) in [5.41, 5.74) is -0.912. The quantitative estimate of drug-likeness (QED) is 0.808. The molecule has 1 aliphatic carbocycles. The number of amides is 2. The minimum atomic E-state index is -0.912. The molecule has 5 nitrogen and oxygen atoms in total. The number of nitrogens with zero attached hydrogens (tertiary/aromatic N) is 1. The fourth-order valence-corrected chi connectivity index (χ4v) is 4.14. The number of urea groups is 1. The van der Waals surface area contributed by atoms with E-state index < -0.39 is 16.4 Å². The molecule has 0 aliphatic heterocycles. The number of aliphatic hydroxyl groups is 1. The number of carbonyl (C=O) groups excluding carboxylic acids is 1. The van der Waals surface area contributed by atoms with Crippen molar-refractivity contribution in [1.82, 2.24) is 10.2 Å². The topological polar surface area (TPSA) is 69.6 Å². The van der Waals surface area contributed by atoms with Gasteiger partial charge >= 0.3 is 6.03 Å². The van der Waals surface area contributed by atoms with Crippen molar-refractivity contribution in [1.29, 1.82) is 0 Å². The van der Waals surface area contributed by atoms with Gasteiger partial charge in [-0.2, -0.15) is 0 Å². The number of nitrogens with one attached hydrogen (secondary N) is 1. The molecular weight excluding hydrogens is 276 g/mol. The smallest absolute Gasteiger partial charge is 0.317 e. The third kappa shape index (κ3) is 5.40. The first-order valence-electron chi connectivity index (χ1n) is 7.35. The SMILES string of the molecule is CCS(=O)C1CCCCC1NC(=O)N(C)CC(C)(C)O. The molecule has 3 atom stereocenters. The van der Waals surface area contributed by atoms with Crippen molar-refractivity contribution in [3.63, 3.8) is 0 Å². The number of hydrogen-bond donors (Lipinski definition) is 2. The second-order valence-electron chi connectivity index (χ2n) is 6.22. The van der Waals surface area contributed by atoms with Crippen molar-refractivity contribution in [2.75, 3.05) is 19.3 Å². The summed E-state index contributed by atoms with van der Waals surface area (Å²) in [6.07, 6.45) is 3.96. The highest BCUT2D eigenvalue weighted by atomic mass is 32.2. The average molecular weight is 304 g/mol. The zero-order valence-corrected chi connectivity index (χ0v) is 13.8. The van der Waals surface area contributed by atoms with Gasteiger partial charge in [-0.25, -0.2) is 4.79 Å². The van der Waals surface area contributed by atoms with Gasteiger partial charge in [0.1, 0.15) is 0 Å². The molecule has 20 heavy (non-hydrogen) atoms. The van der Waals surface area contributed by atoms with Gasteiger partial charge in [-0.3, -0.25) is 4.21 Å². The Morgan fingerprint density at radius 3 is 2.55 bits per heavy atom. The van der Waals surface area contributed by atoms with Crippen molar-refractivity contribution in [2.45, 2.75) is 63.3 Å². The maximum Gasteiger partial charge on any atom is 0.317 e. The molecule has 0 aromatic carbocycles. The highest BCUT2D eigenvalue weighted by Gasteiger charge is 2.31. The van der Waals surface area contributed by atoms with Crippen molar-refractivity contribution in [3.8, 4) is 0 Å². The van der Waals surface area contributed by atoms with E-state index in [-0.39, 0.29) is 23.9 Å². The van der Waals surface area contributed by atoms with E-state index in [1.54, 1.807) is 20.9 Å². The Morgan fingerprint density at radius 2 is 2.00 bits per heavy atom. The lowest BCUT2D eigenvalue weighted by Crippen LogP contribution is -2.52. The Labute approximate surface area is 124 Å². The number of carbonyl (C=O) groups is 1. The molecule has 0 saturated heterocycles. The molecule has 3 unspecified atom stereocenters. The van der Waals surface area contributed by atoms with Crippen LogP contribution in [0.4, 0.5) is 4.79 Å². The highest BCUT2D eigenvalue weighted by Crippen LogP contribution is 2.23. The van der Waals surface area contributed by atoms with Crippen LogP contribution in [0.2, 0.25) is 0 Å². The van der Waals surface area contributed by atoms with E-state index in [9.17, 15) is 14.1 Å². The lowest BCUT2D eigenvalue weighted by molar-refractivity contribution is 0.0526. The monoisotopic (exact) mass is 304 g/mol. The molecule has 0 heterocycles. The van der Waals surface area contributed by atoms with E-state index in [4.69, 9.17) is 0 Å². The van der Waals surface area contributed by atoms with E-state index in [0.29, 0.717) is 5.75 Å². The van der Waals surface area contributed by atoms with Gasteiger partial charge in [-0.15, -0.1) is 0 Å². The molecule has 1 saturated carbocycles. The molecule has 0 aromatic rings. The van der Waals surface area contributed by atoms with Crippen LogP contribution >= 0.6 is 0 Å². The van der Waals surface area contributed by atoms with Gasteiger partial charge in [0, 0.05) is 29.6 Å². The van der Waals surface area contributed by atoms with Crippen molar-refractivity contribution in [3.05, 3.63) is 0 Å². The minimum Gasteiger partial charge on any atom is -0.389 e. The summed E-state index contributed by atoms with van der Waals surface area (Å²) in [5, 5.41) is 12.8. The summed E-state index contributed by atoms with van der Waals surface area (Å²) in [6, 6.07) is -0.210. The molecule has 118 valence electrons. The number of hydrogen-bond acceptors (Lipinski definition) is 3. The Morgan fingerprint density at radius 1 is 1.40 bits per heavy atom. The van der Waals surface area contributed by atoms with Crippen LogP contribution in [0.5, 0.6) is 0 Å². The maximum atomic E-state index is 12.2. The zero-order chi connectivity index (χ0) is 15.3. The third-order valence-corrected chi connectivity index (χ3v) is 5.41. The van der Waals surface area contributed by atoms with Crippen LogP contribution in [0.3, 0.4) is 0 Å². The van der Waals surface area contributed by atoms with Crippen LogP contribution in [0, 0.1) is 0 Å². The standard InChI is InChI=1S/C14H28N2O3S/c1-5-20(19)12-9-7-6-8-11(12)15-13(17)16(4)10-14(2,3)18/h11-12,18H,5-10H2,1-4H3,(H,15,17). The predicted molar refractivity (Wildman–Crippen MR) is 82.2 cm³/mol. The van der Waals surface area contributed by atoms with Gasteiger partial charge in [0.15, 0.2) is 0 Å². The molecule has 0 radical (unpaired) electrons. The molecule has 1 aliphatic rings. The molecule has 2 amide bonds. The summed E-state index contributed by atoms with van der Waals surface area (Å²) in [5.74, 6) is 0.635. The van der Waals surface area contributed by atoms with Crippen LogP contribution in [0.25, 0.3) is 0 Å². The van der Waals surface area contributed by atoms with E-state index in [0.717, 1.165) is 25.7 Å². The predicted octanol–water partition coefficient (Wildman–Crippen LogP) is 1.48. The molecular formula is C14H28N2O3S. The van der Waals surface area contributed by atoms with Gasteiger partial charge < -0.3 is 15.3 Å². The van der Waals surface area contributed by atoms with E-state index in [2.05, 4.69) is 5.32 Å². The summed E-state index contributed by atoms with van der Waals surface area (Å²) >= 11 is 0. The lowest BCUT2D eigenvalue weighted by Gasteiger charge is -2.33. The Bertz CT molecular complexity index is 355. The second-order valence-corrected chi connectivity index (χ2v) is 8.16. The van der Waals surface area contributed by atoms with Crippen LogP contribution < -0.4 is 5.32 Å². The summed E-state index contributed by atoms with van der Waals surface area (Å²) in [7, 11) is 0.794. The average Bonchev–Trinajstić information content (AvgIpc) is 2.36. The van der Waals surface area contributed by atoms with Gasteiger partial charge in [0.25, 0.3) is 0 Å². The highest BCUT2D eigenvalue weighted by molar-refractivity contribution is 7.85. The zero-order valence-electron chi connectivity index (χ0n) is 13.0. The lowest BCUT2D eigenvalue weighted by atomic mass is 9.95. The first-order valence-corrected chi connectivity index (χ1v) is 8.74. The molecule has 0 spiro atoms. The molecule has 0 aromatic heterocycles. The summed E-state index contributed by atoms with van der Waals surface area (Å²) in [6.45, 7) is 5.54.